The lowest BCUT2D eigenvalue weighted by Gasteiger charge is -2.04. The average molecular weight is 298 g/mol. The Bertz CT molecular complexity index is 709. The fourth-order valence-corrected chi connectivity index (χ4v) is 2.88. The van der Waals surface area contributed by atoms with E-state index in [9.17, 15) is 0 Å². The molecule has 4 heteroatoms. The number of ether oxygens (including phenoxy) is 1. The third kappa shape index (κ3) is 3.58. The Balaban J connectivity index is 1.47. The van der Waals surface area contributed by atoms with Crippen molar-refractivity contribution in [2.24, 2.45) is 0 Å². The molecule has 0 bridgehead atoms. The quantitative estimate of drug-likeness (QED) is 0.645. The van der Waals surface area contributed by atoms with Gasteiger partial charge in [-0.15, -0.1) is 0 Å². The maximum Gasteiger partial charge on any atom is 0.139 e. The zero-order valence-corrected chi connectivity index (χ0v) is 12.8. The molecule has 0 unspecified atom stereocenters. The van der Waals surface area contributed by atoms with Gasteiger partial charge in [-0.2, -0.15) is 11.8 Å². The van der Waals surface area contributed by atoms with Crippen LogP contribution >= 0.6 is 11.8 Å². The highest BCUT2D eigenvalue weighted by Crippen LogP contribution is 2.15. The minimum Gasteiger partial charge on any atom is -0.493 e. The van der Waals surface area contributed by atoms with Crippen molar-refractivity contribution in [3.8, 4) is 5.75 Å². The highest BCUT2D eigenvalue weighted by Gasteiger charge is 2.03. The van der Waals surface area contributed by atoms with Crippen molar-refractivity contribution in [2.45, 2.75) is 12.7 Å². The van der Waals surface area contributed by atoms with Crippen molar-refractivity contribution in [3.63, 3.8) is 0 Å². The lowest BCUT2D eigenvalue weighted by Crippen LogP contribution is -2.00. The number of pyridine rings is 1. The Labute approximate surface area is 129 Å². The highest BCUT2D eigenvalue weighted by molar-refractivity contribution is 7.98. The first-order valence-electron chi connectivity index (χ1n) is 7.02. The molecule has 3 aromatic rings. The first-order chi connectivity index (χ1) is 10.3. The predicted molar refractivity (Wildman–Crippen MR) is 88.0 cm³/mol. The fraction of sp³-hybridized carbons (Fsp3) is 0.235. The Morgan fingerprint density at radius 2 is 2.00 bits per heavy atom. The van der Waals surface area contributed by atoms with Crippen molar-refractivity contribution >= 4 is 17.4 Å². The van der Waals surface area contributed by atoms with Gasteiger partial charge in [0.05, 0.1) is 12.3 Å². The van der Waals surface area contributed by atoms with Crippen LogP contribution in [0.3, 0.4) is 0 Å². The largest absolute Gasteiger partial charge is 0.493 e. The van der Waals surface area contributed by atoms with Gasteiger partial charge in [-0.1, -0.05) is 24.3 Å². The predicted octanol–water partition coefficient (Wildman–Crippen LogP) is 3.95. The van der Waals surface area contributed by atoms with E-state index in [-0.39, 0.29) is 0 Å². The average Bonchev–Trinajstić information content (AvgIpc) is 2.92. The van der Waals surface area contributed by atoms with E-state index >= 15 is 0 Å². The molecule has 0 N–H and O–H groups in total. The Morgan fingerprint density at radius 1 is 1.14 bits per heavy atom. The molecule has 0 spiro atoms. The Morgan fingerprint density at radius 3 is 2.81 bits per heavy atom. The first-order valence-corrected chi connectivity index (χ1v) is 8.17. The molecular weight excluding hydrogens is 280 g/mol. The minimum absolute atomic E-state index is 0.723. The van der Waals surface area contributed by atoms with Crippen molar-refractivity contribution in [3.05, 3.63) is 66.1 Å². The van der Waals surface area contributed by atoms with Crippen molar-refractivity contribution < 1.29 is 4.74 Å². The second-order valence-corrected chi connectivity index (χ2v) is 5.97. The molecule has 0 aliphatic heterocycles. The number of imidazole rings is 1. The van der Waals surface area contributed by atoms with Crippen LogP contribution in [0.1, 0.15) is 11.3 Å². The van der Waals surface area contributed by atoms with Gasteiger partial charge >= 0.3 is 0 Å². The van der Waals surface area contributed by atoms with Crippen molar-refractivity contribution in [1.82, 2.24) is 9.38 Å². The maximum absolute atomic E-state index is 5.68. The van der Waals surface area contributed by atoms with Gasteiger partial charge < -0.3 is 9.14 Å². The second kappa shape index (κ2) is 6.68. The zero-order chi connectivity index (χ0) is 14.5. The third-order valence-corrected chi connectivity index (χ3v) is 4.17. The standard InChI is InChI=1S/C17H18N2OS/c1-14-6-5-9-19-12-15(18-17(14)19)13-21-11-10-20-16-7-3-2-4-8-16/h2-9,12H,10-11,13H2,1H3. The summed E-state index contributed by atoms with van der Waals surface area (Å²) in [5.41, 5.74) is 3.38. The molecule has 21 heavy (non-hydrogen) atoms. The van der Waals surface area contributed by atoms with Crippen LogP contribution in [0.25, 0.3) is 5.65 Å². The van der Waals surface area contributed by atoms with Gasteiger partial charge in [-0.25, -0.2) is 4.98 Å². The summed E-state index contributed by atoms with van der Waals surface area (Å²) >= 11 is 1.85. The number of aromatic nitrogens is 2. The molecule has 3 nitrogen and oxygen atoms in total. The zero-order valence-electron chi connectivity index (χ0n) is 12.0. The number of rotatable bonds is 6. The summed E-state index contributed by atoms with van der Waals surface area (Å²) in [6.07, 6.45) is 4.15. The number of fused-ring (bicyclic) bond motifs is 1. The van der Waals surface area contributed by atoms with E-state index in [2.05, 4.69) is 34.6 Å². The van der Waals surface area contributed by atoms with E-state index in [0.717, 1.165) is 35.2 Å². The van der Waals surface area contributed by atoms with Gasteiger partial charge in [0.15, 0.2) is 0 Å². The van der Waals surface area contributed by atoms with Crippen LogP contribution in [0.5, 0.6) is 5.75 Å². The number of hydrogen-bond donors (Lipinski definition) is 0. The van der Waals surface area contributed by atoms with Crippen LogP contribution in [0, 0.1) is 6.92 Å². The number of benzene rings is 1. The summed E-state index contributed by atoms with van der Waals surface area (Å²) in [5.74, 6) is 2.81. The van der Waals surface area contributed by atoms with Crippen LogP contribution in [0.2, 0.25) is 0 Å². The second-order valence-electron chi connectivity index (χ2n) is 4.87. The van der Waals surface area contributed by atoms with Crippen LogP contribution in [-0.2, 0) is 5.75 Å². The summed E-state index contributed by atoms with van der Waals surface area (Å²) in [6.45, 7) is 2.81. The van der Waals surface area contributed by atoms with E-state index in [4.69, 9.17) is 4.74 Å². The van der Waals surface area contributed by atoms with Crippen molar-refractivity contribution in [2.75, 3.05) is 12.4 Å². The Hall–Kier alpha value is -1.94. The lowest BCUT2D eigenvalue weighted by molar-refractivity contribution is 0.344. The van der Waals surface area contributed by atoms with Gasteiger partial charge in [0.2, 0.25) is 0 Å². The summed E-state index contributed by atoms with van der Waals surface area (Å²) in [5, 5.41) is 0. The normalized spacial score (nSPS) is 10.9. The summed E-state index contributed by atoms with van der Waals surface area (Å²) in [4.78, 5) is 4.67. The smallest absolute Gasteiger partial charge is 0.139 e. The number of thioether (sulfide) groups is 1. The number of hydrogen-bond acceptors (Lipinski definition) is 3. The molecular formula is C17H18N2OS. The SMILES string of the molecule is Cc1cccn2cc(CSCCOc3ccccc3)nc12. The summed E-state index contributed by atoms with van der Waals surface area (Å²) in [6, 6.07) is 14.1. The molecule has 3 rings (SSSR count). The third-order valence-electron chi connectivity index (χ3n) is 3.22. The van der Waals surface area contributed by atoms with Crippen LogP contribution in [0.15, 0.2) is 54.9 Å². The maximum atomic E-state index is 5.68. The number of para-hydroxylation sites is 1. The van der Waals surface area contributed by atoms with E-state index in [1.165, 1.54) is 5.56 Å². The van der Waals surface area contributed by atoms with E-state index in [0.29, 0.717) is 0 Å². The Kier molecular flexibility index (Phi) is 4.46. The molecule has 2 heterocycles. The first kappa shape index (κ1) is 14.0. The van der Waals surface area contributed by atoms with Gasteiger partial charge in [-0.3, -0.25) is 0 Å². The topological polar surface area (TPSA) is 26.5 Å². The fourth-order valence-electron chi connectivity index (χ4n) is 2.19. The van der Waals surface area contributed by atoms with Crippen LogP contribution in [-0.4, -0.2) is 21.7 Å². The van der Waals surface area contributed by atoms with Crippen LogP contribution in [0.4, 0.5) is 0 Å². The van der Waals surface area contributed by atoms with Gasteiger partial charge in [0.1, 0.15) is 11.4 Å². The van der Waals surface area contributed by atoms with Crippen LogP contribution < -0.4 is 4.74 Å². The molecule has 2 aromatic heterocycles. The molecule has 0 fully saturated rings. The van der Waals surface area contributed by atoms with Crippen molar-refractivity contribution in [1.29, 1.82) is 0 Å². The number of nitrogens with zero attached hydrogens (tertiary/aromatic N) is 2. The highest BCUT2D eigenvalue weighted by atomic mass is 32.2. The summed E-state index contributed by atoms with van der Waals surface area (Å²) < 4.78 is 7.76. The molecule has 0 aliphatic rings. The molecule has 0 saturated carbocycles. The molecule has 0 aliphatic carbocycles. The van der Waals surface area contributed by atoms with E-state index in [1.54, 1.807) is 0 Å². The molecule has 108 valence electrons. The minimum atomic E-state index is 0.723. The van der Waals surface area contributed by atoms with Gasteiger partial charge in [0.25, 0.3) is 0 Å². The lowest BCUT2D eigenvalue weighted by atomic mass is 10.3. The molecule has 0 atom stereocenters. The monoisotopic (exact) mass is 298 g/mol. The van der Waals surface area contributed by atoms with E-state index < -0.39 is 0 Å². The molecule has 0 radical (unpaired) electrons. The molecule has 0 amide bonds. The molecule has 0 saturated heterocycles. The van der Waals surface area contributed by atoms with Gasteiger partial charge in [-0.05, 0) is 30.7 Å². The molecule has 1 aromatic carbocycles. The number of aryl methyl sites for hydroxylation is 1. The van der Waals surface area contributed by atoms with Gasteiger partial charge in [0, 0.05) is 23.9 Å². The van der Waals surface area contributed by atoms with E-state index in [1.807, 2.05) is 48.3 Å². The summed E-state index contributed by atoms with van der Waals surface area (Å²) in [7, 11) is 0.